The van der Waals surface area contributed by atoms with Crippen LogP contribution in [0.2, 0.25) is 0 Å². The van der Waals surface area contributed by atoms with Gasteiger partial charge in [0.2, 0.25) is 0 Å². The van der Waals surface area contributed by atoms with E-state index in [2.05, 4.69) is 6.92 Å². The van der Waals surface area contributed by atoms with Crippen LogP contribution < -0.4 is 0 Å². The second-order valence-electron chi connectivity index (χ2n) is 5.94. The summed E-state index contributed by atoms with van der Waals surface area (Å²) < 4.78 is 5.34. The fraction of sp³-hybridized carbons (Fsp3) is 0.923. The number of amides is 1. The van der Waals surface area contributed by atoms with Gasteiger partial charge in [-0.15, -0.1) is 0 Å². The molecule has 0 aliphatic carbocycles. The lowest BCUT2D eigenvalue weighted by molar-refractivity contribution is 0.0145. The summed E-state index contributed by atoms with van der Waals surface area (Å²) >= 11 is 0. The van der Waals surface area contributed by atoms with Crippen LogP contribution in [-0.2, 0) is 4.74 Å². The largest absolute Gasteiger partial charge is 0.444 e. The number of aliphatic hydroxyl groups is 1. The molecule has 0 aromatic heterocycles. The standard InChI is InChI=1S/C13H25NO3/c1-10-6-5-8-14(9-7-11(10)15)12(16)17-13(2,3)4/h10-11,15H,5-9H2,1-4H3. The molecule has 1 saturated heterocycles. The Labute approximate surface area is 104 Å². The lowest BCUT2D eigenvalue weighted by Gasteiger charge is -2.31. The first kappa shape index (κ1) is 14.3. The van der Waals surface area contributed by atoms with Gasteiger partial charge in [0.05, 0.1) is 6.10 Å². The molecule has 0 saturated carbocycles. The highest BCUT2D eigenvalue weighted by Gasteiger charge is 2.25. The molecular weight excluding hydrogens is 218 g/mol. The van der Waals surface area contributed by atoms with Crippen molar-refractivity contribution in [1.29, 1.82) is 0 Å². The predicted octanol–water partition coefficient (Wildman–Crippen LogP) is 2.40. The van der Waals surface area contributed by atoms with Gasteiger partial charge < -0.3 is 14.7 Å². The molecule has 2 atom stereocenters. The average Bonchev–Trinajstić information content (AvgIpc) is 2.17. The van der Waals surface area contributed by atoms with E-state index in [0.717, 1.165) is 19.4 Å². The van der Waals surface area contributed by atoms with Gasteiger partial charge in [-0.05, 0) is 46.0 Å². The fourth-order valence-electron chi connectivity index (χ4n) is 1.99. The quantitative estimate of drug-likeness (QED) is 0.710. The maximum absolute atomic E-state index is 11.9. The molecule has 4 heteroatoms. The molecule has 1 aliphatic heterocycles. The number of likely N-dealkylation sites (tertiary alicyclic amines) is 1. The first-order valence-corrected chi connectivity index (χ1v) is 6.45. The highest BCUT2D eigenvalue weighted by atomic mass is 16.6. The maximum Gasteiger partial charge on any atom is 0.410 e. The molecule has 1 N–H and O–H groups in total. The Kier molecular flexibility index (Phi) is 4.80. The molecule has 4 nitrogen and oxygen atoms in total. The summed E-state index contributed by atoms with van der Waals surface area (Å²) in [4.78, 5) is 13.6. The van der Waals surface area contributed by atoms with Crippen LogP contribution in [0.25, 0.3) is 0 Å². The van der Waals surface area contributed by atoms with E-state index in [1.165, 1.54) is 0 Å². The van der Waals surface area contributed by atoms with Crippen LogP contribution in [0, 0.1) is 5.92 Å². The molecule has 1 amide bonds. The number of rotatable bonds is 0. The average molecular weight is 243 g/mol. The number of carbonyl (C=O) groups excluding carboxylic acids is 1. The van der Waals surface area contributed by atoms with E-state index in [1.54, 1.807) is 4.90 Å². The molecule has 0 aromatic rings. The van der Waals surface area contributed by atoms with Crippen LogP contribution in [0.15, 0.2) is 0 Å². The summed E-state index contributed by atoms with van der Waals surface area (Å²) in [5.41, 5.74) is -0.453. The molecule has 1 aliphatic rings. The van der Waals surface area contributed by atoms with Crippen molar-refractivity contribution in [2.24, 2.45) is 5.92 Å². The number of nitrogens with zero attached hydrogens (tertiary/aromatic N) is 1. The van der Waals surface area contributed by atoms with Gasteiger partial charge in [-0.1, -0.05) is 6.92 Å². The van der Waals surface area contributed by atoms with Crippen LogP contribution in [0.4, 0.5) is 4.79 Å². The van der Waals surface area contributed by atoms with E-state index in [4.69, 9.17) is 4.74 Å². The second-order valence-corrected chi connectivity index (χ2v) is 5.94. The van der Waals surface area contributed by atoms with Crippen molar-refractivity contribution in [2.45, 2.75) is 58.7 Å². The Hall–Kier alpha value is -0.770. The molecule has 2 unspecified atom stereocenters. The fourth-order valence-corrected chi connectivity index (χ4v) is 1.99. The van der Waals surface area contributed by atoms with Crippen molar-refractivity contribution < 1.29 is 14.6 Å². The Morgan fingerprint density at radius 3 is 2.53 bits per heavy atom. The van der Waals surface area contributed by atoms with Crippen LogP contribution in [-0.4, -0.2) is 40.9 Å². The number of carbonyl (C=O) groups is 1. The van der Waals surface area contributed by atoms with Gasteiger partial charge in [0.25, 0.3) is 0 Å². The van der Waals surface area contributed by atoms with E-state index >= 15 is 0 Å². The molecule has 1 fully saturated rings. The Bertz CT molecular complexity index is 260. The smallest absolute Gasteiger partial charge is 0.410 e. The molecule has 17 heavy (non-hydrogen) atoms. The van der Waals surface area contributed by atoms with Crippen molar-refractivity contribution in [1.82, 2.24) is 4.90 Å². The summed E-state index contributed by atoms with van der Waals surface area (Å²) in [7, 11) is 0. The Morgan fingerprint density at radius 1 is 1.29 bits per heavy atom. The van der Waals surface area contributed by atoms with Gasteiger partial charge >= 0.3 is 6.09 Å². The molecule has 0 radical (unpaired) electrons. The molecule has 1 heterocycles. The number of hydrogen-bond donors (Lipinski definition) is 1. The summed E-state index contributed by atoms with van der Waals surface area (Å²) in [6.45, 7) is 8.98. The Balaban J connectivity index is 2.51. The van der Waals surface area contributed by atoms with Gasteiger partial charge in [-0.2, -0.15) is 0 Å². The highest BCUT2D eigenvalue weighted by molar-refractivity contribution is 5.68. The minimum absolute atomic E-state index is 0.265. The monoisotopic (exact) mass is 243 g/mol. The van der Waals surface area contributed by atoms with Gasteiger partial charge in [-0.25, -0.2) is 4.79 Å². The minimum Gasteiger partial charge on any atom is -0.444 e. The van der Waals surface area contributed by atoms with E-state index in [0.29, 0.717) is 18.9 Å². The van der Waals surface area contributed by atoms with Crippen molar-refractivity contribution >= 4 is 6.09 Å². The molecule has 0 aromatic carbocycles. The molecule has 0 bridgehead atoms. The summed E-state index contributed by atoms with van der Waals surface area (Å²) in [5, 5.41) is 9.84. The normalized spacial score (nSPS) is 27.2. The number of hydrogen-bond acceptors (Lipinski definition) is 3. The predicted molar refractivity (Wildman–Crippen MR) is 66.8 cm³/mol. The van der Waals surface area contributed by atoms with E-state index in [9.17, 15) is 9.90 Å². The third-order valence-electron chi connectivity index (χ3n) is 3.09. The maximum atomic E-state index is 11.9. The van der Waals surface area contributed by atoms with Gasteiger partial charge in [0.15, 0.2) is 0 Å². The molecular formula is C13H25NO3. The van der Waals surface area contributed by atoms with Gasteiger partial charge in [-0.3, -0.25) is 0 Å². The van der Waals surface area contributed by atoms with E-state index in [1.807, 2.05) is 20.8 Å². The lowest BCUT2D eigenvalue weighted by Crippen LogP contribution is -2.41. The zero-order chi connectivity index (χ0) is 13.1. The first-order valence-electron chi connectivity index (χ1n) is 6.45. The van der Waals surface area contributed by atoms with E-state index < -0.39 is 5.60 Å². The van der Waals surface area contributed by atoms with Crippen molar-refractivity contribution in [3.8, 4) is 0 Å². The molecule has 0 spiro atoms. The second kappa shape index (κ2) is 5.71. The van der Waals surface area contributed by atoms with Gasteiger partial charge in [0, 0.05) is 13.1 Å². The Morgan fingerprint density at radius 2 is 1.94 bits per heavy atom. The summed E-state index contributed by atoms with van der Waals surface area (Å²) in [5.74, 6) is 0.329. The summed E-state index contributed by atoms with van der Waals surface area (Å²) in [6, 6.07) is 0. The topological polar surface area (TPSA) is 49.8 Å². The minimum atomic E-state index is -0.453. The molecule has 100 valence electrons. The van der Waals surface area contributed by atoms with E-state index in [-0.39, 0.29) is 12.2 Å². The van der Waals surface area contributed by atoms with Crippen molar-refractivity contribution in [3.63, 3.8) is 0 Å². The zero-order valence-electron chi connectivity index (χ0n) is 11.4. The van der Waals surface area contributed by atoms with Gasteiger partial charge in [0.1, 0.15) is 5.60 Å². The first-order chi connectivity index (χ1) is 7.79. The van der Waals surface area contributed by atoms with Crippen molar-refractivity contribution in [2.75, 3.05) is 13.1 Å². The zero-order valence-corrected chi connectivity index (χ0v) is 11.4. The third kappa shape index (κ3) is 4.94. The molecule has 1 rings (SSSR count). The van der Waals surface area contributed by atoms with Crippen LogP contribution in [0.5, 0.6) is 0 Å². The summed E-state index contributed by atoms with van der Waals surface area (Å²) in [6.07, 6.45) is 1.96. The third-order valence-corrected chi connectivity index (χ3v) is 3.09. The van der Waals surface area contributed by atoms with Crippen LogP contribution in [0.3, 0.4) is 0 Å². The number of aliphatic hydroxyl groups excluding tert-OH is 1. The van der Waals surface area contributed by atoms with Crippen LogP contribution in [0.1, 0.15) is 47.0 Å². The number of ether oxygens (including phenoxy) is 1. The highest BCUT2D eigenvalue weighted by Crippen LogP contribution is 2.19. The lowest BCUT2D eigenvalue weighted by atomic mass is 9.95. The SMILES string of the molecule is CC1CCCN(C(=O)OC(C)(C)C)CCC1O. The van der Waals surface area contributed by atoms with Crippen LogP contribution >= 0.6 is 0 Å². The van der Waals surface area contributed by atoms with Crippen molar-refractivity contribution in [3.05, 3.63) is 0 Å².